The van der Waals surface area contributed by atoms with Gasteiger partial charge in [0.05, 0.1) is 10.0 Å². The summed E-state index contributed by atoms with van der Waals surface area (Å²) in [5.74, 6) is -0.518. The topological polar surface area (TPSA) is 29.1 Å². The Bertz CT molecular complexity index is 432. The van der Waals surface area contributed by atoms with Gasteiger partial charge in [-0.1, -0.05) is 15.9 Å². The lowest BCUT2D eigenvalue weighted by molar-refractivity contribution is 0.0936. The minimum absolute atomic E-state index is 0.0854. The van der Waals surface area contributed by atoms with E-state index in [1.165, 1.54) is 18.2 Å². The van der Waals surface area contributed by atoms with Crippen LogP contribution in [0.15, 0.2) is 22.7 Å². The zero-order valence-corrected chi connectivity index (χ0v) is 11.6. The van der Waals surface area contributed by atoms with E-state index in [9.17, 15) is 9.18 Å². The van der Waals surface area contributed by atoms with Gasteiger partial charge in [-0.3, -0.25) is 4.79 Å². The van der Waals surface area contributed by atoms with Crippen molar-refractivity contribution in [2.45, 2.75) is 18.4 Å². The Balaban J connectivity index is 2.12. The summed E-state index contributed by atoms with van der Waals surface area (Å²) in [6.07, 6.45) is 1.98. The van der Waals surface area contributed by atoms with E-state index in [2.05, 4.69) is 37.2 Å². The number of benzene rings is 1. The second-order valence-corrected chi connectivity index (χ2v) is 5.41. The van der Waals surface area contributed by atoms with Gasteiger partial charge in [0, 0.05) is 10.9 Å². The molecule has 0 aromatic heterocycles. The molecule has 0 atom stereocenters. The van der Waals surface area contributed by atoms with Crippen LogP contribution in [0.1, 0.15) is 23.2 Å². The number of alkyl halides is 1. The summed E-state index contributed by atoms with van der Waals surface area (Å²) < 4.78 is 13.3. The van der Waals surface area contributed by atoms with Gasteiger partial charge >= 0.3 is 0 Å². The molecule has 0 unspecified atom stereocenters. The fraction of sp³-hybridized carbons (Fsp3) is 0.364. The molecule has 0 spiro atoms. The van der Waals surface area contributed by atoms with Crippen molar-refractivity contribution in [2.75, 3.05) is 5.33 Å². The van der Waals surface area contributed by atoms with Crippen molar-refractivity contribution in [2.24, 2.45) is 0 Å². The molecule has 2 rings (SSSR count). The highest BCUT2D eigenvalue weighted by atomic mass is 79.9. The van der Waals surface area contributed by atoms with Crippen molar-refractivity contribution < 1.29 is 9.18 Å². The first-order chi connectivity index (χ1) is 7.56. The second kappa shape index (κ2) is 4.45. The minimum atomic E-state index is -0.363. The van der Waals surface area contributed by atoms with Gasteiger partial charge in [0.1, 0.15) is 5.82 Å². The molecular formula is C11H10Br2FNO. The Morgan fingerprint density at radius 3 is 2.69 bits per heavy atom. The maximum atomic E-state index is 13.0. The number of carbonyl (C=O) groups is 1. The van der Waals surface area contributed by atoms with Gasteiger partial charge in [-0.2, -0.15) is 0 Å². The standard InChI is InChI=1S/C11H10Br2FNO/c12-6-11(3-4-11)15-10(16)7-1-2-9(14)8(13)5-7/h1-2,5H,3-4,6H2,(H,15,16). The monoisotopic (exact) mass is 349 g/mol. The first-order valence-electron chi connectivity index (χ1n) is 4.90. The van der Waals surface area contributed by atoms with Crippen molar-refractivity contribution in [3.8, 4) is 0 Å². The van der Waals surface area contributed by atoms with Crippen molar-refractivity contribution in [1.82, 2.24) is 5.32 Å². The number of hydrogen-bond donors (Lipinski definition) is 1. The summed E-state index contributed by atoms with van der Waals surface area (Å²) in [4.78, 5) is 11.8. The number of nitrogens with one attached hydrogen (secondary N) is 1. The largest absolute Gasteiger partial charge is 0.346 e. The highest BCUT2D eigenvalue weighted by Crippen LogP contribution is 2.37. The van der Waals surface area contributed by atoms with Gasteiger partial charge in [-0.25, -0.2) is 4.39 Å². The predicted octanol–water partition coefficient (Wildman–Crippen LogP) is 3.25. The zero-order valence-electron chi connectivity index (χ0n) is 8.40. The summed E-state index contributed by atoms with van der Waals surface area (Å²) in [6.45, 7) is 0. The molecule has 0 bridgehead atoms. The van der Waals surface area contributed by atoms with Gasteiger partial charge in [-0.15, -0.1) is 0 Å². The molecular weight excluding hydrogens is 341 g/mol. The van der Waals surface area contributed by atoms with Crippen molar-refractivity contribution in [3.63, 3.8) is 0 Å². The van der Waals surface area contributed by atoms with Gasteiger partial charge in [-0.05, 0) is 47.0 Å². The van der Waals surface area contributed by atoms with Crippen LogP contribution < -0.4 is 5.32 Å². The van der Waals surface area contributed by atoms with Crippen LogP contribution in [0.25, 0.3) is 0 Å². The van der Waals surface area contributed by atoms with Crippen LogP contribution in [-0.4, -0.2) is 16.8 Å². The Morgan fingerprint density at radius 1 is 1.50 bits per heavy atom. The van der Waals surface area contributed by atoms with E-state index in [-0.39, 0.29) is 17.3 Å². The van der Waals surface area contributed by atoms with Gasteiger partial charge in [0.25, 0.3) is 5.91 Å². The van der Waals surface area contributed by atoms with Gasteiger partial charge in [0.2, 0.25) is 0 Å². The highest BCUT2D eigenvalue weighted by molar-refractivity contribution is 9.10. The molecule has 0 heterocycles. The lowest BCUT2D eigenvalue weighted by Crippen LogP contribution is -2.38. The number of hydrogen-bond acceptors (Lipinski definition) is 1. The maximum absolute atomic E-state index is 13.0. The van der Waals surface area contributed by atoms with Crippen LogP contribution in [0.4, 0.5) is 4.39 Å². The zero-order chi connectivity index (χ0) is 11.8. The Morgan fingerprint density at radius 2 is 2.19 bits per heavy atom. The molecule has 1 aromatic rings. The molecule has 2 nitrogen and oxygen atoms in total. The fourth-order valence-electron chi connectivity index (χ4n) is 1.39. The average Bonchev–Trinajstić information content (AvgIpc) is 3.02. The van der Waals surface area contributed by atoms with E-state index < -0.39 is 0 Å². The van der Waals surface area contributed by atoms with E-state index in [0.717, 1.165) is 18.2 Å². The fourth-order valence-corrected chi connectivity index (χ4v) is 2.47. The predicted molar refractivity (Wildman–Crippen MR) is 67.3 cm³/mol. The van der Waals surface area contributed by atoms with Crippen LogP contribution >= 0.6 is 31.9 Å². The molecule has 5 heteroatoms. The Kier molecular flexibility index (Phi) is 3.35. The number of amides is 1. The van der Waals surface area contributed by atoms with Crippen molar-refractivity contribution in [1.29, 1.82) is 0 Å². The molecule has 1 saturated carbocycles. The van der Waals surface area contributed by atoms with Crippen LogP contribution in [-0.2, 0) is 0 Å². The summed E-state index contributed by atoms with van der Waals surface area (Å²) in [5.41, 5.74) is 0.387. The molecule has 1 fully saturated rings. The normalized spacial score (nSPS) is 16.9. The van der Waals surface area contributed by atoms with Crippen LogP contribution in [0, 0.1) is 5.82 Å². The first-order valence-corrected chi connectivity index (χ1v) is 6.81. The smallest absolute Gasteiger partial charge is 0.251 e. The molecule has 0 saturated heterocycles. The van der Waals surface area contributed by atoms with E-state index in [1.807, 2.05) is 0 Å². The molecule has 0 radical (unpaired) electrons. The third-order valence-electron chi connectivity index (χ3n) is 2.67. The molecule has 86 valence electrons. The van der Waals surface area contributed by atoms with Gasteiger partial charge in [0.15, 0.2) is 0 Å². The van der Waals surface area contributed by atoms with Gasteiger partial charge < -0.3 is 5.32 Å². The second-order valence-electron chi connectivity index (χ2n) is 4.00. The SMILES string of the molecule is O=C(NC1(CBr)CC1)c1ccc(F)c(Br)c1. The lowest BCUT2D eigenvalue weighted by Gasteiger charge is -2.14. The molecule has 1 aromatic carbocycles. The Hall–Kier alpha value is -0.420. The van der Waals surface area contributed by atoms with Crippen LogP contribution in [0.2, 0.25) is 0 Å². The molecule has 0 aliphatic heterocycles. The van der Waals surface area contributed by atoms with E-state index in [4.69, 9.17) is 0 Å². The number of halogens is 3. The molecule has 1 aliphatic carbocycles. The summed E-state index contributed by atoms with van der Waals surface area (Å²) in [7, 11) is 0. The lowest BCUT2D eigenvalue weighted by atomic mass is 10.2. The summed E-state index contributed by atoms with van der Waals surface area (Å²) in [5, 5.41) is 3.71. The summed E-state index contributed by atoms with van der Waals surface area (Å²) >= 11 is 6.44. The minimum Gasteiger partial charge on any atom is -0.346 e. The van der Waals surface area contributed by atoms with Crippen molar-refractivity contribution >= 4 is 37.8 Å². The third-order valence-corrected chi connectivity index (χ3v) is 4.35. The summed E-state index contributed by atoms with van der Waals surface area (Å²) in [6, 6.07) is 4.27. The quantitative estimate of drug-likeness (QED) is 0.833. The van der Waals surface area contributed by atoms with Crippen LogP contribution in [0.3, 0.4) is 0 Å². The van der Waals surface area contributed by atoms with E-state index in [1.54, 1.807) is 0 Å². The van der Waals surface area contributed by atoms with E-state index in [0.29, 0.717) is 10.0 Å². The average molecular weight is 351 g/mol. The molecule has 1 aliphatic rings. The molecule has 1 N–H and O–H groups in total. The number of carbonyl (C=O) groups excluding carboxylic acids is 1. The Labute approximate surface area is 110 Å². The third kappa shape index (κ3) is 2.46. The first kappa shape index (κ1) is 12.0. The molecule has 1 amide bonds. The number of rotatable bonds is 3. The van der Waals surface area contributed by atoms with Crippen LogP contribution in [0.5, 0.6) is 0 Å². The van der Waals surface area contributed by atoms with E-state index >= 15 is 0 Å². The highest BCUT2D eigenvalue weighted by Gasteiger charge is 2.42. The van der Waals surface area contributed by atoms with Crippen molar-refractivity contribution in [3.05, 3.63) is 34.1 Å². The maximum Gasteiger partial charge on any atom is 0.251 e. The molecule has 16 heavy (non-hydrogen) atoms.